The molecule has 19 heteroatoms. The molecule has 0 spiro atoms. The van der Waals surface area contributed by atoms with Gasteiger partial charge in [0.15, 0.2) is 12.2 Å². The van der Waals surface area contributed by atoms with Gasteiger partial charge in [-0.15, -0.1) is 0 Å². The minimum absolute atomic E-state index is 0.0284. The van der Waals surface area contributed by atoms with Crippen LogP contribution in [0.1, 0.15) is 323 Å². The molecule has 17 nitrogen and oxygen atoms in total. The molecule has 586 valence electrons. The fourth-order valence-corrected chi connectivity index (χ4v) is 12.1. The molecule has 5 atom stereocenters. The predicted octanol–water partition coefficient (Wildman–Crippen LogP) is 23.1. The lowest BCUT2D eigenvalue weighted by atomic mass is 10.0. The molecule has 3 N–H and O–H groups in total. The van der Waals surface area contributed by atoms with E-state index in [0.29, 0.717) is 32.1 Å². The van der Waals surface area contributed by atoms with Gasteiger partial charge in [-0.05, 0) is 103 Å². The highest BCUT2D eigenvalue weighted by atomic mass is 31.2. The summed E-state index contributed by atoms with van der Waals surface area (Å²) in [6.45, 7) is 4.56. The minimum atomic E-state index is -5.00. The third kappa shape index (κ3) is 73.8. The van der Waals surface area contributed by atoms with Crippen LogP contribution in [0.5, 0.6) is 0 Å². The first-order chi connectivity index (χ1) is 49.7. The van der Waals surface area contributed by atoms with Crippen LogP contribution in [-0.4, -0.2) is 96.7 Å². The lowest BCUT2D eigenvalue weighted by Gasteiger charge is -2.21. The number of carbonyl (C=O) groups is 4. The number of hydrogen-bond acceptors (Lipinski definition) is 15. The van der Waals surface area contributed by atoms with Crippen LogP contribution >= 0.6 is 15.6 Å². The fourth-order valence-electron chi connectivity index (χ4n) is 10.5. The zero-order valence-corrected chi connectivity index (χ0v) is 65.8. The number of unbranched alkanes of at least 4 members (excludes halogenated alkanes) is 28. The van der Waals surface area contributed by atoms with Crippen molar-refractivity contribution in [3.8, 4) is 0 Å². The molecule has 5 unspecified atom stereocenters. The second-order valence-corrected chi connectivity index (χ2v) is 29.2. The van der Waals surface area contributed by atoms with Crippen molar-refractivity contribution in [2.24, 2.45) is 0 Å². The van der Waals surface area contributed by atoms with Gasteiger partial charge in [0.05, 0.1) is 26.4 Å². The van der Waals surface area contributed by atoms with Gasteiger partial charge in [-0.1, -0.05) is 316 Å². The first-order valence-electron chi connectivity index (χ1n) is 39.8. The van der Waals surface area contributed by atoms with Crippen molar-refractivity contribution >= 4 is 39.5 Å². The van der Waals surface area contributed by atoms with Crippen LogP contribution in [0.2, 0.25) is 0 Å². The molecular formula is C83H142O17P2. The van der Waals surface area contributed by atoms with Gasteiger partial charge >= 0.3 is 39.5 Å². The second-order valence-electron chi connectivity index (χ2n) is 26.3. The van der Waals surface area contributed by atoms with E-state index < -0.39 is 97.5 Å². The molecule has 0 amide bonds. The van der Waals surface area contributed by atoms with Crippen LogP contribution in [0.3, 0.4) is 0 Å². The van der Waals surface area contributed by atoms with E-state index in [1.807, 2.05) is 18.2 Å². The number of ether oxygens (including phenoxy) is 4. The lowest BCUT2D eigenvalue weighted by molar-refractivity contribution is -0.161. The van der Waals surface area contributed by atoms with Gasteiger partial charge in [-0.25, -0.2) is 9.13 Å². The molecule has 0 aliphatic heterocycles. The monoisotopic (exact) mass is 1470 g/mol. The lowest BCUT2D eigenvalue weighted by Crippen LogP contribution is -2.30. The molecule has 0 fully saturated rings. The number of rotatable bonds is 74. The van der Waals surface area contributed by atoms with E-state index in [-0.39, 0.29) is 25.7 Å². The van der Waals surface area contributed by atoms with Crippen LogP contribution in [0, 0.1) is 0 Å². The van der Waals surface area contributed by atoms with Gasteiger partial charge in [0.2, 0.25) is 0 Å². The summed E-state index contributed by atoms with van der Waals surface area (Å²) in [7, 11) is -9.98. The average molecular weight is 1470 g/mol. The molecule has 0 aliphatic carbocycles. The Bertz CT molecular complexity index is 2410. The highest BCUT2D eigenvalue weighted by Crippen LogP contribution is 2.45. The van der Waals surface area contributed by atoms with Crippen LogP contribution < -0.4 is 0 Å². The topological polar surface area (TPSA) is 237 Å². The summed E-state index contributed by atoms with van der Waals surface area (Å²) in [5.74, 6) is -2.29. The molecule has 0 rings (SSSR count). The summed E-state index contributed by atoms with van der Waals surface area (Å²) in [6, 6.07) is 0. The largest absolute Gasteiger partial charge is 0.472 e. The Hall–Kier alpha value is -4.54. The summed E-state index contributed by atoms with van der Waals surface area (Å²) >= 11 is 0. The van der Waals surface area contributed by atoms with Crippen molar-refractivity contribution in [3.63, 3.8) is 0 Å². The highest BCUT2D eigenvalue weighted by molar-refractivity contribution is 7.47. The number of hydrogen-bond donors (Lipinski definition) is 3. The molecule has 0 aromatic carbocycles. The zero-order valence-electron chi connectivity index (χ0n) is 64.0. The maximum Gasteiger partial charge on any atom is 0.472 e. The number of phosphoric acid groups is 2. The molecule has 0 bridgehead atoms. The second kappa shape index (κ2) is 74.7. The van der Waals surface area contributed by atoms with E-state index in [4.69, 9.17) is 37.0 Å². The van der Waals surface area contributed by atoms with E-state index >= 15 is 0 Å². The molecule has 0 heterocycles. The number of aliphatic hydroxyl groups excluding tert-OH is 1. The highest BCUT2D eigenvalue weighted by Gasteiger charge is 2.30. The fraction of sp³-hybridized carbons (Fsp3) is 0.711. The Balaban J connectivity index is 5.43. The summed E-state index contributed by atoms with van der Waals surface area (Å²) < 4.78 is 68.5. The van der Waals surface area contributed by atoms with Gasteiger partial charge < -0.3 is 33.8 Å². The normalized spacial score (nSPS) is 14.5. The van der Waals surface area contributed by atoms with Gasteiger partial charge in [0, 0.05) is 25.7 Å². The summed E-state index contributed by atoms with van der Waals surface area (Å²) in [6.07, 6.45) is 81.9. The summed E-state index contributed by atoms with van der Waals surface area (Å²) in [4.78, 5) is 72.9. The molecule has 0 saturated carbocycles. The van der Waals surface area contributed by atoms with Crippen LogP contribution in [0.4, 0.5) is 0 Å². The third-order valence-corrected chi connectivity index (χ3v) is 18.4. The Labute approximate surface area is 619 Å². The molecule has 102 heavy (non-hydrogen) atoms. The zero-order chi connectivity index (χ0) is 74.6. The SMILES string of the molecule is CC/C=C\C/C=C\C/C=C\C/C=C\C/C=C\C/C=C\CCC(=O)OCC(COP(=O)(O)OCC(O)COP(=O)(O)OCC(COC(=O)CCCCCCCCCCCCCCC)OC(=O)CCCCCCCCCCCCCCC)OC(=O)CCCCCC/C=C\C/C=C\C/C=C\C/C=C\CC. The van der Waals surface area contributed by atoms with Crippen LogP contribution in [-0.2, 0) is 65.4 Å². The minimum Gasteiger partial charge on any atom is -0.462 e. The van der Waals surface area contributed by atoms with Crippen molar-refractivity contribution in [2.75, 3.05) is 39.6 Å². The van der Waals surface area contributed by atoms with Crippen molar-refractivity contribution in [3.05, 3.63) is 122 Å². The van der Waals surface area contributed by atoms with E-state index in [2.05, 4.69) is 131 Å². The van der Waals surface area contributed by atoms with Gasteiger partial charge in [-0.3, -0.25) is 37.3 Å². The Morgan fingerprint density at radius 1 is 0.284 bits per heavy atom. The quantitative estimate of drug-likeness (QED) is 0.0169. The van der Waals surface area contributed by atoms with Crippen molar-refractivity contribution in [2.45, 2.75) is 341 Å². The van der Waals surface area contributed by atoms with Crippen molar-refractivity contribution in [1.29, 1.82) is 0 Å². The standard InChI is InChI=1S/C83H142O17P2/c1-5-9-13-17-21-25-29-33-35-37-38-40-41-45-48-52-56-60-64-68-81(86)94-74-79(100-83(88)70-66-62-58-54-50-46-42-39-36-34-30-26-22-18-14-10-6-2)76-98-102(91,92)96-72-77(84)71-95-101(89,90)97-75-78(99-82(87)69-65-61-57-53-49-44-32-28-24-20-16-12-8-4)73-93-80(85)67-63-59-55-51-47-43-31-27-23-19-15-11-7-3/h9-10,13-14,21-22,25-26,33-36,38,40,42,45-46,48,56,60,77-79,84H,5-8,11-12,15-20,23-24,27-32,37,39,41,43-44,47,49-55,57-59,61-76H2,1-4H3,(H,89,90)(H,91,92)/b13-9-,14-10-,25-21-,26-22-,35-33-,36-34-,40-38-,46-42-,48-45-,60-56-. The van der Waals surface area contributed by atoms with Gasteiger partial charge in [-0.2, -0.15) is 0 Å². The smallest absolute Gasteiger partial charge is 0.462 e. The van der Waals surface area contributed by atoms with Crippen LogP contribution in [0.25, 0.3) is 0 Å². The molecular weight excluding hydrogens is 1330 g/mol. The Kier molecular flexibility index (Phi) is 71.4. The van der Waals surface area contributed by atoms with Gasteiger partial charge in [0.1, 0.15) is 19.3 Å². The molecule has 0 aliphatic rings. The number of allylic oxidation sites excluding steroid dienone is 20. The van der Waals surface area contributed by atoms with E-state index in [1.165, 1.54) is 109 Å². The molecule has 0 aromatic heterocycles. The first kappa shape index (κ1) is 97.5. The Morgan fingerprint density at radius 3 is 0.843 bits per heavy atom. The van der Waals surface area contributed by atoms with Gasteiger partial charge in [0.25, 0.3) is 0 Å². The molecule has 0 radical (unpaired) electrons. The molecule has 0 aromatic rings. The van der Waals surface area contributed by atoms with Crippen LogP contribution in [0.15, 0.2) is 122 Å². The average Bonchev–Trinajstić information content (AvgIpc) is 0.923. The number of phosphoric ester groups is 2. The van der Waals surface area contributed by atoms with E-state index in [1.54, 1.807) is 0 Å². The number of aliphatic hydroxyl groups is 1. The third-order valence-electron chi connectivity index (χ3n) is 16.5. The summed E-state index contributed by atoms with van der Waals surface area (Å²) in [5.41, 5.74) is 0. The Morgan fingerprint density at radius 2 is 0.529 bits per heavy atom. The van der Waals surface area contributed by atoms with Crippen molar-refractivity contribution in [1.82, 2.24) is 0 Å². The van der Waals surface area contributed by atoms with E-state index in [0.717, 1.165) is 128 Å². The van der Waals surface area contributed by atoms with E-state index in [9.17, 15) is 43.2 Å². The number of carbonyl (C=O) groups excluding carboxylic acids is 4. The maximum absolute atomic E-state index is 13.1. The maximum atomic E-state index is 13.1. The first-order valence-corrected chi connectivity index (χ1v) is 42.8. The molecule has 0 saturated heterocycles. The summed E-state index contributed by atoms with van der Waals surface area (Å²) in [5, 5.41) is 10.6. The van der Waals surface area contributed by atoms with Crippen molar-refractivity contribution < 1.29 is 80.2 Å². The number of esters is 4. The predicted molar refractivity (Wildman–Crippen MR) is 418 cm³/mol.